The van der Waals surface area contributed by atoms with Gasteiger partial charge in [0.25, 0.3) is 5.91 Å². The second-order valence-corrected chi connectivity index (χ2v) is 6.52. The minimum atomic E-state index is -0.270. The molecule has 134 valence electrons. The summed E-state index contributed by atoms with van der Waals surface area (Å²) in [7, 11) is 0. The van der Waals surface area contributed by atoms with Crippen molar-refractivity contribution in [3.63, 3.8) is 0 Å². The molecule has 0 atom stereocenters. The first-order valence-corrected chi connectivity index (χ1v) is 8.58. The van der Waals surface area contributed by atoms with Crippen molar-refractivity contribution in [2.45, 2.75) is 40.2 Å². The van der Waals surface area contributed by atoms with Crippen LogP contribution in [-0.2, 0) is 0 Å². The van der Waals surface area contributed by atoms with E-state index in [9.17, 15) is 4.79 Å². The average molecular weight is 342 g/mol. The van der Waals surface area contributed by atoms with Crippen LogP contribution in [0.2, 0.25) is 0 Å². The number of amides is 1. The molecule has 0 bridgehead atoms. The highest BCUT2D eigenvalue weighted by molar-refractivity contribution is 6.04. The summed E-state index contributed by atoms with van der Waals surface area (Å²) in [5.74, 6) is 1.51. The van der Waals surface area contributed by atoms with Crippen molar-refractivity contribution >= 4 is 17.5 Å². The third kappa shape index (κ3) is 6.06. The van der Waals surface area contributed by atoms with Gasteiger partial charge in [-0.15, -0.1) is 0 Å². The predicted molar refractivity (Wildman–Crippen MR) is 100 cm³/mol. The second kappa shape index (κ2) is 9.01. The number of carbonyl (C=O) groups excluding carboxylic acids is 1. The first kappa shape index (κ1) is 18.7. The van der Waals surface area contributed by atoms with Crippen LogP contribution in [0, 0.1) is 5.92 Å². The zero-order valence-electron chi connectivity index (χ0n) is 15.2. The highest BCUT2D eigenvalue weighted by atomic mass is 16.5. The molecule has 1 amide bonds. The highest BCUT2D eigenvalue weighted by Crippen LogP contribution is 2.25. The van der Waals surface area contributed by atoms with Crippen LogP contribution in [0.15, 0.2) is 36.7 Å². The van der Waals surface area contributed by atoms with E-state index in [2.05, 4.69) is 34.4 Å². The summed E-state index contributed by atoms with van der Waals surface area (Å²) in [4.78, 5) is 20.8. The molecule has 2 rings (SSSR count). The van der Waals surface area contributed by atoms with Gasteiger partial charge in [-0.2, -0.15) is 0 Å². The summed E-state index contributed by atoms with van der Waals surface area (Å²) in [6.07, 6.45) is 4.11. The maximum Gasteiger partial charge on any atom is 0.258 e. The molecule has 1 aromatic carbocycles. The maximum absolute atomic E-state index is 12.4. The van der Waals surface area contributed by atoms with Gasteiger partial charge in [-0.25, -0.2) is 9.97 Å². The summed E-state index contributed by atoms with van der Waals surface area (Å²) in [5, 5.41) is 5.99. The molecule has 0 fully saturated rings. The molecule has 6 heteroatoms. The van der Waals surface area contributed by atoms with Gasteiger partial charge in [-0.05, 0) is 38.3 Å². The first-order chi connectivity index (χ1) is 12.0. The lowest BCUT2D eigenvalue weighted by Crippen LogP contribution is -2.15. The number of carbonyl (C=O) groups is 1. The monoisotopic (exact) mass is 342 g/mol. The van der Waals surface area contributed by atoms with E-state index in [1.807, 2.05) is 32.0 Å². The fourth-order valence-corrected chi connectivity index (χ4v) is 2.13. The van der Waals surface area contributed by atoms with Gasteiger partial charge in [-0.1, -0.05) is 26.0 Å². The number of benzene rings is 1. The quantitative estimate of drug-likeness (QED) is 0.759. The van der Waals surface area contributed by atoms with Gasteiger partial charge < -0.3 is 15.4 Å². The molecule has 0 saturated heterocycles. The Bertz CT molecular complexity index is 684. The normalized spacial score (nSPS) is 10.8. The van der Waals surface area contributed by atoms with Crippen LogP contribution in [0.3, 0.4) is 0 Å². The summed E-state index contributed by atoms with van der Waals surface area (Å²) < 4.78 is 5.71. The van der Waals surface area contributed by atoms with Gasteiger partial charge in [0.1, 0.15) is 5.75 Å². The van der Waals surface area contributed by atoms with Crippen LogP contribution in [0.25, 0.3) is 0 Å². The van der Waals surface area contributed by atoms with Gasteiger partial charge in [-0.3, -0.25) is 4.79 Å². The fourth-order valence-electron chi connectivity index (χ4n) is 2.13. The summed E-state index contributed by atoms with van der Waals surface area (Å²) >= 11 is 0. The molecule has 2 aromatic rings. The SMILES string of the molecule is CC(C)CCNc1ncc(C(=O)Nc2ccccc2OC(C)C)cn1. The van der Waals surface area contributed by atoms with E-state index < -0.39 is 0 Å². The Kier molecular flexibility index (Phi) is 6.74. The maximum atomic E-state index is 12.4. The van der Waals surface area contributed by atoms with Crippen molar-refractivity contribution < 1.29 is 9.53 Å². The number of rotatable bonds is 8. The minimum Gasteiger partial charge on any atom is -0.489 e. The van der Waals surface area contributed by atoms with Crippen molar-refractivity contribution in [2.75, 3.05) is 17.2 Å². The number of aromatic nitrogens is 2. The smallest absolute Gasteiger partial charge is 0.258 e. The summed E-state index contributed by atoms with van der Waals surface area (Å²) in [6.45, 7) is 9.02. The van der Waals surface area contributed by atoms with Crippen molar-refractivity contribution in [1.82, 2.24) is 9.97 Å². The van der Waals surface area contributed by atoms with E-state index >= 15 is 0 Å². The number of nitrogens with one attached hydrogen (secondary N) is 2. The van der Waals surface area contributed by atoms with E-state index in [1.165, 1.54) is 12.4 Å². The van der Waals surface area contributed by atoms with Crippen LogP contribution in [0.4, 0.5) is 11.6 Å². The Hall–Kier alpha value is -2.63. The number of hydrogen-bond donors (Lipinski definition) is 2. The Balaban J connectivity index is 1.99. The molecule has 6 nitrogen and oxygen atoms in total. The largest absolute Gasteiger partial charge is 0.489 e. The Morgan fingerprint density at radius 2 is 1.80 bits per heavy atom. The summed E-state index contributed by atoms with van der Waals surface area (Å²) in [6, 6.07) is 7.35. The lowest BCUT2D eigenvalue weighted by Gasteiger charge is -2.14. The van der Waals surface area contributed by atoms with Crippen LogP contribution in [-0.4, -0.2) is 28.5 Å². The Morgan fingerprint density at radius 1 is 1.12 bits per heavy atom. The van der Waals surface area contributed by atoms with Crippen LogP contribution < -0.4 is 15.4 Å². The molecule has 0 radical (unpaired) electrons. The molecular formula is C19H26N4O2. The van der Waals surface area contributed by atoms with E-state index in [1.54, 1.807) is 6.07 Å². The lowest BCUT2D eigenvalue weighted by atomic mass is 10.1. The third-order valence-electron chi connectivity index (χ3n) is 3.42. The van der Waals surface area contributed by atoms with Crippen molar-refractivity contribution in [1.29, 1.82) is 0 Å². The Labute approximate surface area is 149 Å². The standard InChI is InChI=1S/C19H26N4O2/c1-13(2)9-10-20-19-21-11-15(12-22-19)18(24)23-16-7-5-6-8-17(16)25-14(3)4/h5-8,11-14H,9-10H2,1-4H3,(H,23,24)(H,20,21,22). The van der Waals surface area contributed by atoms with Gasteiger partial charge in [0, 0.05) is 18.9 Å². The number of nitrogens with zero attached hydrogens (tertiary/aromatic N) is 2. The molecule has 0 aliphatic heterocycles. The number of para-hydroxylation sites is 2. The molecule has 2 N–H and O–H groups in total. The molecule has 0 aliphatic carbocycles. The molecule has 0 spiro atoms. The molecule has 0 aliphatic rings. The minimum absolute atomic E-state index is 0.0255. The molecule has 1 aromatic heterocycles. The molecule has 0 saturated carbocycles. The van der Waals surface area contributed by atoms with Crippen LogP contribution in [0.1, 0.15) is 44.5 Å². The topological polar surface area (TPSA) is 76.1 Å². The van der Waals surface area contributed by atoms with Gasteiger partial charge in [0.15, 0.2) is 0 Å². The van der Waals surface area contributed by atoms with Crippen molar-refractivity contribution in [2.24, 2.45) is 5.92 Å². The third-order valence-corrected chi connectivity index (χ3v) is 3.42. The molecule has 1 heterocycles. The number of anilines is 2. The fraction of sp³-hybridized carbons (Fsp3) is 0.421. The van der Waals surface area contributed by atoms with E-state index in [4.69, 9.17) is 4.74 Å². The van der Waals surface area contributed by atoms with Crippen LogP contribution >= 0.6 is 0 Å². The Morgan fingerprint density at radius 3 is 2.44 bits per heavy atom. The average Bonchev–Trinajstić information content (AvgIpc) is 2.56. The zero-order chi connectivity index (χ0) is 18.2. The second-order valence-electron chi connectivity index (χ2n) is 6.52. The molecule has 0 unspecified atom stereocenters. The van der Waals surface area contributed by atoms with Gasteiger partial charge >= 0.3 is 0 Å². The van der Waals surface area contributed by atoms with E-state index in [0.717, 1.165) is 13.0 Å². The highest BCUT2D eigenvalue weighted by Gasteiger charge is 2.11. The molecule has 25 heavy (non-hydrogen) atoms. The van der Waals surface area contributed by atoms with E-state index in [-0.39, 0.29) is 12.0 Å². The van der Waals surface area contributed by atoms with Crippen molar-refractivity contribution in [3.8, 4) is 5.75 Å². The predicted octanol–water partition coefficient (Wildman–Crippen LogP) is 3.97. The van der Waals surface area contributed by atoms with Gasteiger partial charge in [0.2, 0.25) is 5.95 Å². The first-order valence-electron chi connectivity index (χ1n) is 8.58. The lowest BCUT2D eigenvalue weighted by molar-refractivity contribution is 0.102. The molecular weight excluding hydrogens is 316 g/mol. The number of hydrogen-bond acceptors (Lipinski definition) is 5. The summed E-state index contributed by atoms with van der Waals surface area (Å²) in [5.41, 5.74) is 1.02. The van der Waals surface area contributed by atoms with Gasteiger partial charge in [0.05, 0.1) is 17.4 Å². The number of ether oxygens (including phenoxy) is 1. The van der Waals surface area contributed by atoms with E-state index in [0.29, 0.717) is 28.9 Å². The van der Waals surface area contributed by atoms with Crippen molar-refractivity contribution in [3.05, 3.63) is 42.2 Å². The van der Waals surface area contributed by atoms with Crippen LogP contribution in [0.5, 0.6) is 5.75 Å². The zero-order valence-corrected chi connectivity index (χ0v) is 15.2.